The highest BCUT2D eigenvalue weighted by Gasteiger charge is 2.52. The SMILES string of the molecule is CC(C#N)CC1CCC2OC(/C=C/C(=O)O)CC2(CO)O1. The van der Waals surface area contributed by atoms with Crippen LogP contribution in [0.1, 0.15) is 32.6 Å². The van der Waals surface area contributed by atoms with Gasteiger partial charge < -0.3 is 19.7 Å². The van der Waals surface area contributed by atoms with E-state index in [1.54, 1.807) is 0 Å². The molecule has 2 saturated heterocycles. The average molecular weight is 295 g/mol. The van der Waals surface area contributed by atoms with Crippen LogP contribution < -0.4 is 0 Å². The van der Waals surface area contributed by atoms with Gasteiger partial charge in [-0.1, -0.05) is 0 Å². The fourth-order valence-corrected chi connectivity index (χ4v) is 3.16. The van der Waals surface area contributed by atoms with Crippen molar-refractivity contribution in [1.82, 2.24) is 0 Å². The molecule has 116 valence electrons. The summed E-state index contributed by atoms with van der Waals surface area (Å²) in [6.45, 7) is 1.69. The van der Waals surface area contributed by atoms with Gasteiger partial charge in [0.2, 0.25) is 0 Å². The second-order valence-corrected chi connectivity index (χ2v) is 5.87. The minimum absolute atomic E-state index is 0.0612. The Labute approximate surface area is 124 Å². The van der Waals surface area contributed by atoms with Crippen molar-refractivity contribution in [2.75, 3.05) is 6.61 Å². The lowest BCUT2D eigenvalue weighted by Crippen LogP contribution is -2.51. The van der Waals surface area contributed by atoms with Gasteiger partial charge >= 0.3 is 5.97 Å². The van der Waals surface area contributed by atoms with Gasteiger partial charge in [-0.2, -0.15) is 5.26 Å². The van der Waals surface area contributed by atoms with E-state index < -0.39 is 11.6 Å². The quantitative estimate of drug-likeness (QED) is 0.740. The molecule has 0 amide bonds. The van der Waals surface area contributed by atoms with Crippen molar-refractivity contribution < 1.29 is 24.5 Å². The number of rotatable bonds is 5. The first-order valence-electron chi connectivity index (χ1n) is 7.24. The highest BCUT2D eigenvalue weighted by atomic mass is 16.6. The van der Waals surface area contributed by atoms with Crippen LogP contribution in [-0.2, 0) is 14.3 Å². The van der Waals surface area contributed by atoms with Gasteiger partial charge in [-0.25, -0.2) is 4.79 Å². The molecule has 6 nitrogen and oxygen atoms in total. The van der Waals surface area contributed by atoms with Crippen molar-refractivity contribution in [3.8, 4) is 6.07 Å². The second kappa shape index (κ2) is 6.56. The van der Waals surface area contributed by atoms with E-state index in [1.807, 2.05) is 6.92 Å². The third-order valence-corrected chi connectivity index (χ3v) is 4.18. The van der Waals surface area contributed by atoms with E-state index in [2.05, 4.69) is 6.07 Å². The summed E-state index contributed by atoms with van der Waals surface area (Å²) in [7, 11) is 0. The van der Waals surface area contributed by atoms with Gasteiger partial charge in [0.05, 0.1) is 31.0 Å². The minimum Gasteiger partial charge on any atom is -0.478 e. The van der Waals surface area contributed by atoms with Gasteiger partial charge in [-0.05, 0) is 32.3 Å². The zero-order valence-corrected chi connectivity index (χ0v) is 12.1. The Balaban J connectivity index is 2.03. The first-order chi connectivity index (χ1) is 9.99. The van der Waals surface area contributed by atoms with E-state index in [9.17, 15) is 9.90 Å². The standard InChI is InChI=1S/C15H21NO5/c1-10(8-16)6-11-2-4-13-15(9-17,21-11)7-12(20-13)3-5-14(18)19/h3,5,10-13,17H,2,4,6-7,9H2,1H3,(H,18,19)/b5-3+. The zero-order chi connectivity index (χ0) is 15.5. The normalized spacial score (nSPS) is 37.1. The number of carboxylic acids is 1. The van der Waals surface area contributed by atoms with Gasteiger partial charge in [-0.3, -0.25) is 0 Å². The van der Waals surface area contributed by atoms with Crippen LogP contribution in [0.3, 0.4) is 0 Å². The fraction of sp³-hybridized carbons (Fsp3) is 0.733. The molecule has 0 aliphatic carbocycles. The third kappa shape index (κ3) is 3.62. The highest BCUT2D eigenvalue weighted by Crippen LogP contribution is 2.42. The Hall–Kier alpha value is -1.42. The van der Waals surface area contributed by atoms with Crippen molar-refractivity contribution in [3.05, 3.63) is 12.2 Å². The molecular weight excluding hydrogens is 274 g/mol. The summed E-state index contributed by atoms with van der Waals surface area (Å²) in [6, 6.07) is 2.19. The van der Waals surface area contributed by atoms with Crippen molar-refractivity contribution in [2.24, 2.45) is 5.92 Å². The fourth-order valence-electron chi connectivity index (χ4n) is 3.16. The third-order valence-electron chi connectivity index (χ3n) is 4.18. The molecule has 2 aliphatic heterocycles. The Kier molecular flexibility index (Phi) is 4.99. The van der Waals surface area contributed by atoms with Gasteiger partial charge in [0, 0.05) is 18.4 Å². The van der Waals surface area contributed by atoms with Crippen molar-refractivity contribution >= 4 is 5.97 Å². The predicted molar refractivity (Wildman–Crippen MR) is 73.4 cm³/mol. The van der Waals surface area contributed by atoms with Crippen LogP contribution in [0, 0.1) is 17.2 Å². The molecule has 2 N–H and O–H groups in total. The Morgan fingerprint density at radius 3 is 2.95 bits per heavy atom. The molecule has 2 heterocycles. The largest absolute Gasteiger partial charge is 0.478 e. The first kappa shape index (κ1) is 16.0. The van der Waals surface area contributed by atoms with E-state index >= 15 is 0 Å². The maximum Gasteiger partial charge on any atom is 0.328 e. The van der Waals surface area contributed by atoms with Gasteiger partial charge in [0.15, 0.2) is 0 Å². The van der Waals surface area contributed by atoms with Gasteiger partial charge in [-0.15, -0.1) is 0 Å². The monoisotopic (exact) mass is 295 g/mol. The lowest BCUT2D eigenvalue weighted by atomic mass is 9.85. The molecule has 2 aliphatic rings. The van der Waals surface area contributed by atoms with Crippen LogP contribution >= 0.6 is 0 Å². The number of aliphatic carboxylic acids is 1. The maximum absolute atomic E-state index is 10.6. The Morgan fingerprint density at radius 1 is 1.57 bits per heavy atom. The smallest absolute Gasteiger partial charge is 0.328 e. The molecule has 2 fully saturated rings. The number of ether oxygens (including phenoxy) is 2. The van der Waals surface area contributed by atoms with Gasteiger partial charge in [0.1, 0.15) is 5.60 Å². The van der Waals surface area contributed by atoms with Crippen LogP contribution in [0.4, 0.5) is 0 Å². The second-order valence-electron chi connectivity index (χ2n) is 5.87. The van der Waals surface area contributed by atoms with Crippen LogP contribution in [0.15, 0.2) is 12.2 Å². The topological polar surface area (TPSA) is 99.8 Å². The summed E-state index contributed by atoms with van der Waals surface area (Å²) in [6.07, 6.45) is 4.53. The van der Waals surface area contributed by atoms with Crippen molar-refractivity contribution in [3.63, 3.8) is 0 Å². The number of aliphatic hydroxyl groups excluding tert-OH is 1. The summed E-state index contributed by atoms with van der Waals surface area (Å²) >= 11 is 0. The molecule has 0 saturated carbocycles. The van der Waals surface area contributed by atoms with Crippen LogP contribution in [-0.4, -0.2) is 46.7 Å². The lowest BCUT2D eigenvalue weighted by molar-refractivity contribution is -0.184. The summed E-state index contributed by atoms with van der Waals surface area (Å²) in [4.78, 5) is 10.6. The average Bonchev–Trinajstić information content (AvgIpc) is 2.83. The number of nitriles is 1. The van der Waals surface area contributed by atoms with Gasteiger partial charge in [0.25, 0.3) is 0 Å². The molecule has 0 bridgehead atoms. The maximum atomic E-state index is 10.6. The number of fused-ring (bicyclic) bond motifs is 1. The Bertz CT molecular complexity index is 457. The molecular formula is C15H21NO5. The van der Waals surface area contributed by atoms with E-state index in [0.717, 1.165) is 18.9 Å². The van der Waals surface area contributed by atoms with Crippen molar-refractivity contribution in [1.29, 1.82) is 5.26 Å². The number of aliphatic hydroxyl groups is 1. The van der Waals surface area contributed by atoms with E-state index in [1.165, 1.54) is 6.08 Å². The highest BCUT2D eigenvalue weighted by molar-refractivity contribution is 5.79. The molecule has 6 heteroatoms. The molecule has 21 heavy (non-hydrogen) atoms. The van der Waals surface area contributed by atoms with E-state index in [-0.39, 0.29) is 30.8 Å². The summed E-state index contributed by atoms with van der Waals surface area (Å²) < 4.78 is 11.8. The summed E-state index contributed by atoms with van der Waals surface area (Å²) in [5.74, 6) is -1.11. The number of carbonyl (C=O) groups is 1. The molecule has 0 aromatic carbocycles. The molecule has 0 aromatic rings. The van der Waals surface area contributed by atoms with E-state index in [0.29, 0.717) is 12.8 Å². The number of hydrogen-bond donors (Lipinski definition) is 2. The van der Waals surface area contributed by atoms with Crippen molar-refractivity contribution in [2.45, 2.75) is 56.5 Å². The zero-order valence-electron chi connectivity index (χ0n) is 12.1. The summed E-state index contributed by atoms with van der Waals surface area (Å²) in [5, 5.41) is 27.3. The number of nitrogens with zero attached hydrogens (tertiary/aromatic N) is 1. The first-order valence-corrected chi connectivity index (χ1v) is 7.24. The van der Waals surface area contributed by atoms with Crippen LogP contribution in [0.2, 0.25) is 0 Å². The van der Waals surface area contributed by atoms with E-state index in [4.69, 9.17) is 19.8 Å². The van der Waals surface area contributed by atoms with Crippen LogP contribution in [0.5, 0.6) is 0 Å². The molecule has 0 radical (unpaired) electrons. The molecule has 0 spiro atoms. The Morgan fingerprint density at radius 2 is 2.33 bits per heavy atom. The molecule has 2 rings (SSSR count). The number of carboxylic acid groups (broad SMARTS) is 1. The molecule has 5 atom stereocenters. The predicted octanol–water partition coefficient (Wildman–Crippen LogP) is 1.24. The molecule has 5 unspecified atom stereocenters. The molecule has 0 aromatic heterocycles. The number of hydrogen-bond acceptors (Lipinski definition) is 5. The lowest BCUT2D eigenvalue weighted by Gasteiger charge is -2.41. The summed E-state index contributed by atoms with van der Waals surface area (Å²) in [5.41, 5.74) is -0.772. The van der Waals surface area contributed by atoms with Crippen LogP contribution in [0.25, 0.3) is 0 Å². The minimum atomic E-state index is -1.02.